The molecule has 1 aliphatic heterocycles. The van der Waals surface area contributed by atoms with E-state index in [-0.39, 0.29) is 5.75 Å². The number of ether oxygens (including phenoxy) is 3. The minimum Gasteiger partial charge on any atom is -0.502 e. The largest absolute Gasteiger partial charge is 0.502 e. The first-order valence-electron chi connectivity index (χ1n) is 6.98. The standard InChI is InChI=1S/C15H23NO4/c1-18-13-10-12(11-14(19-2)15(13)17)4-3-5-16-6-8-20-9-7-16/h10-11,17H,3-9H2,1-2H3. The fraction of sp³-hybridized carbons (Fsp3) is 0.600. The van der Waals surface area contributed by atoms with Crippen molar-refractivity contribution in [2.24, 2.45) is 0 Å². The molecule has 0 amide bonds. The highest BCUT2D eigenvalue weighted by atomic mass is 16.5. The zero-order chi connectivity index (χ0) is 14.4. The molecule has 2 rings (SSSR count). The van der Waals surface area contributed by atoms with Gasteiger partial charge in [-0.15, -0.1) is 0 Å². The number of methoxy groups -OCH3 is 2. The van der Waals surface area contributed by atoms with E-state index in [4.69, 9.17) is 14.2 Å². The van der Waals surface area contributed by atoms with Crippen molar-refractivity contribution in [1.29, 1.82) is 0 Å². The quantitative estimate of drug-likeness (QED) is 0.859. The summed E-state index contributed by atoms with van der Waals surface area (Å²) in [4.78, 5) is 2.42. The first kappa shape index (κ1) is 14.9. The van der Waals surface area contributed by atoms with Crippen molar-refractivity contribution >= 4 is 0 Å². The number of rotatable bonds is 6. The minimum atomic E-state index is 0.0620. The van der Waals surface area contributed by atoms with Gasteiger partial charge in [-0.25, -0.2) is 0 Å². The lowest BCUT2D eigenvalue weighted by Crippen LogP contribution is -2.36. The van der Waals surface area contributed by atoms with Crippen molar-refractivity contribution in [2.75, 3.05) is 47.1 Å². The van der Waals surface area contributed by atoms with Gasteiger partial charge in [0.05, 0.1) is 27.4 Å². The van der Waals surface area contributed by atoms with Gasteiger partial charge in [0.2, 0.25) is 5.75 Å². The first-order chi connectivity index (χ1) is 9.74. The average Bonchev–Trinajstić information content (AvgIpc) is 2.49. The van der Waals surface area contributed by atoms with Crippen LogP contribution in [0.3, 0.4) is 0 Å². The van der Waals surface area contributed by atoms with Crippen molar-refractivity contribution in [3.05, 3.63) is 17.7 Å². The van der Waals surface area contributed by atoms with Crippen LogP contribution in [0.1, 0.15) is 12.0 Å². The second-order valence-electron chi connectivity index (χ2n) is 4.91. The Balaban J connectivity index is 1.91. The number of nitrogens with zero attached hydrogens (tertiary/aromatic N) is 1. The Hall–Kier alpha value is -1.46. The molecule has 1 saturated heterocycles. The number of phenolic OH excluding ortho intramolecular Hbond substituents is 1. The van der Waals surface area contributed by atoms with Crippen LogP contribution >= 0.6 is 0 Å². The third kappa shape index (κ3) is 3.77. The number of hydrogen-bond acceptors (Lipinski definition) is 5. The summed E-state index contributed by atoms with van der Waals surface area (Å²) in [6.07, 6.45) is 2.00. The molecule has 5 heteroatoms. The first-order valence-corrected chi connectivity index (χ1v) is 6.98. The molecular formula is C15H23NO4. The summed E-state index contributed by atoms with van der Waals surface area (Å²) in [5.41, 5.74) is 1.12. The molecule has 5 nitrogen and oxygen atoms in total. The summed E-state index contributed by atoms with van der Waals surface area (Å²) in [6, 6.07) is 3.74. The van der Waals surface area contributed by atoms with Crippen LogP contribution in [0.25, 0.3) is 0 Å². The molecular weight excluding hydrogens is 258 g/mol. The molecule has 0 aliphatic carbocycles. The van der Waals surface area contributed by atoms with E-state index in [0.717, 1.165) is 51.3 Å². The van der Waals surface area contributed by atoms with Gasteiger partial charge in [0.1, 0.15) is 0 Å². The highest BCUT2D eigenvalue weighted by molar-refractivity contribution is 5.52. The lowest BCUT2D eigenvalue weighted by Gasteiger charge is -2.26. The third-order valence-corrected chi connectivity index (χ3v) is 3.58. The fourth-order valence-corrected chi connectivity index (χ4v) is 2.42. The predicted octanol–water partition coefficient (Wildman–Crippen LogP) is 1.67. The Bertz CT molecular complexity index is 405. The van der Waals surface area contributed by atoms with Gasteiger partial charge < -0.3 is 19.3 Å². The fourth-order valence-electron chi connectivity index (χ4n) is 2.42. The molecule has 0 radical (unpaired) electrons. The minimum absolute atomic E-state index is 0.0620. The Kier molecular flexibility index (Phi) is 5.49. The van der Waals surface area contributed by atoms with Crippen LogP contribution in [0.5, 0.6) is 17.2 Å². The summed E-state index contributed by atoms with van der Waals surface area (Å²) in [5, 5.41) is 9.87. The molecule has 1 aromatic carbocycles. The Morgan fingerprint density at radius 1 is 1.15 bits per heavy atom. The Labute approximate surface area is 120 Å². The molecule has 0 aromatic heterocycles. The summed E-state index contributed by atoms with van der Waals surface area (Å²) in [6.45, 7) is 4.76. The number of benzene rings is 1. The molecule has 112 valence electrons. The molecule has 1 fully saturated rings. The number of morpholine rings is 1. The molecule has 1 aliphatic rings. The van der Waals surface area contributed by atoms with Crippen molar-refractivity contribution in [2.45, 2.75) is 12.8 Å². The lowest BCUT2D eigenvalue weighted by atomic mass is 10.1. The third-order valence-electron chi connectivity index (χ3n) is 3.58. The van der Waals surface area contributed by atoms with Gasteiger partial charge in [-0.1, -0.05) is 0 Å². The molecule has 20 heavy (non-hydrogen) atoms. The SMILES string of the molecule is COc1cc(CCCN2CCOCC2)cc(OC)c1O. The zero-order valence-corrected chi connectivity index (χ0v) is 12.2. The molecule has 0 bridgehead atoms. The van der Waals surface area contributed by atoms with Crippen LogP contribution in [0, 0.1) is 0 Å². The van der Waals surface area contributed by atoms with Gasteiger partial charge in [-0.2, -0.15) is 0 Å². The van der Waals surface area contributed by atoms with Crippen LogP contribution in [0.15, 0.2) is 12.1 Å². The molecule has 0 atom stereocenters. The number of aromatic hydroxyl groups is 1. The van der Waals surface area contributed by atoms with Gasteiger partial charge in [0.25, 0.3) is 0 Å². The summed E-state index contributed by atoms with van der Waals surface area (Å²) in [7, 11) is 3.10. The van der Waals surface area contributed by atoms with E-state index in [0.29, 0.717) is 11.5 Å². The highest BCUT2D eigenvalue weighted by Crippen LogP contribution is 2.37. The van der Waals surface area contributed by atoms with E-state index in [2.05, 4.69) is 4.90 Å². The number of phenols is 1. The second-order valence-corrected chi connectivity index (χ2v) is 4.91. The zero-order valence-electron chi connectivity index (χ0n) is 12.2. The molecule has 1 heterocycles. The lowest BCUT2D eigenvalue weighted by molar-refractivity contribution is 0.0374. The normalized spacial score (nSPS) is 16.1. The van der Waals surface area contributed by atoms with E-state index in [9.17, 15) is 5.11 Å². The van der Waals surface area contributed by atoms with Gasteiger partial charge in [0, 0.05) is 13.1 Å². The van der Waals surface area contributed by atoms with Crippen molar-refractivity contribution in [1.82, 2.24) is 4.90 Å². The van der Waals surface area contributed by atoms with Crippen LogP contribution in [-0.2, 0) is 11.2 Å². The van der Waals surface area contributed by atoms with E-state index < -0.39 is 0 Å². The van der Waals surface area contributed by atoms with Crippen LogP contribution in [0.2, 0.25) is 0 Å². The predicted molar refractivity (Wildman–Crippen MR) is 76.8 cm³/mol. The van der Waals surface area contributed by atoms with Gasteiger partial charge >= 0.3 is 0 Å². The smallest absolute Gasteiger partial charge is 0.200 e. The van der Waals surface area contributed by atoms with E-state index in [1.54, 1.807) is 14.2 Å². The van der Waals surface area contributed by atoms with E-state index >= 15 is 0 Å². The number of aryl methyl sites for hydroxylation is 1. The van der Waals surface area contributed by atoms with E-state index in [1.807, 2.05) is 12.1 Å². The number of hydrogen-bond donors (Lipinski definition) is 1. The van der Waals surface area contributed by atoms with E-state index in [1.165, 1.54) is 0 Å². The maximum Gasteiger partial charge on any atom is 0.200 e. The average molecular weight is 281 g/mol. The maximum atomic E-state index is 9.87. The molecule has 1 aromatic rings. The van der Waals surface area contributed by atoms with Crippen molar-refractivity contribution < 1.29 is 19.3 Å². The highest BCUT2D eigenvalue weighted by Gasteiger charge is 2.12. The van der Waals surface area contributed by atoms with Crippen molar-refractivity contribution in [3.63, 3.8) is 0 Å². The Morgan fingerprint density at radius 2 is 1.75 bits per heavy atom. The molecule has 0 saturated carbocycles. The second kappa shape index (κ2) is 7.36. The van der Waals surface area contributed by atoms with Crippen LogP contribution in [0.4, 0.5) is 0 Å². The Morgan fingerprint density at radius 3 is 2.30 bits per heavy atom. The maximum absolute atomic E-state index is 9.87. The summed E-state index contributed by atoms with van der Waals surface area (Å²) < 4.78 is 15.7. The van der Waals surface area contributed by atoms with Crippen LogP contribution < -0.4 is 9.47 Å². The summed E-state index contributed by atoms with van der Waals surface area (Å²) in [5.74, 6) is 0.989. The van der Waals surface area contributed by atoms with Gasteiger partial charge in [-0.3, -0.25) is 4.90 Å². The van der Waals surface area contributed by atoms with Crippen LogP contribution in [-0.4, -0.2) is 57.1 Å². The van der Waals surface area contributed by atoms with Crippen molar-refractivity contribution in [3.8, 4) is 17.2 Å². The summed E-state index contributed by atoms with van der Waals surface area (Å²) >= 11 is 0. The van der Waals surface area contributed by atoms with Gasteiger partial charge in [0.15, 0.2) is 11.5 Å². The van der Waals surface area contributed by atoms with Gasteiger partial charge in [-0.05, 0) is 37.1 Å². The molecule has 0 spiro atoms. The monoisotopic (exact) mass is 281 g/mol. The topological polar surface area (TPSA) is 51.2 Å². The molecule has 0 unspecified atom stereocenters. The molecule has 1 N–H and O–H groups in total.